The summed E-state index contributed by atoms with van der Waals surface area (Å²) in [6.45, 7) is 0. The van der Waals surface area contributed by atoms with E-state index in [1.807, 2.05) is 48.5 Å². The van der Waals surface area contributed by atoms with Gasteiger partial charge in [0.2, 0.25) is 0 Å². The van der Waals surface area contributed by atoms with Crippen LogP contribution in [0.2, 0.25) is 0 Å². The van der Waals surface area contributed by atoms with Crippen molar-refractivity contribution in [2.45, 2.75) is 25.7 Å². The predicted molar refractivity (Wildman–Crippen MR) is 135 cm³/mol. The van der Waals surface area contributed by atoms with Gasteiger partial charge in [0.1, 0.15) is 11.5 Å². The number of phenols is 1. The molecular weight excluding hydrogens is 444 g/mol. The van der Waals surface area contributed by atoms with Gasteiger partial charge in [0.05, 0.1) is 26.9 Å². The zero-order valence-electron chi connectivity index (χ0n) is 20.2. The highest BCUT2D eigenvalue weighted by molar-refractivity contribution is 6.23. The number of benzene rings is 3. The molecule has 0 aliphatic carbocycles. The Kier molecular flexibility index (Phi) is 9.07. The Bertz CT molecular complexity index is 1110. The lowest BCUT2D eigenvalue weighted by atomic mass is 9.94. The molecule has 0 amide bonds. The first-order valence-corrected chi connectivity index (χ1v) is 11.3. The molecule has 0 atom stereocenters. The van der Waals surface area contributed by atoms with Gasteiger partial charge >= 0.3 is 0 Å². The van der Waals surface area contributed by atoms with Gasteiger partial charge in [-0.15, -0.1) is 0 Å². The molecule has 0 radical (unpaired) electrons. The number of carbonyl (C=O) groups is 2. The number of phenolic OH excluding ortho intramolecular Hbond substituents is 1. The van der Waals surface area contributed by atoms with Crippen LogP contribution in [0, 0.1) is 0 Å². The minimum absolute atomic E-state index is 0.0112. The van der Waals surface area contributed by atoms with Crippen LogP contribution in [0.5, 0.6) is 23.0 Å². The molecule has 0 bridgehead atoms. The van der Waals surface area contributed by atoms with Gasteiger partial charge in [0.15, 0.2) is 23.1 Å². The maximum absolute atomic E-state index is 13.2. The minimum Gasteiger partial charge on any atom is -0.504 e. The summed E-state index contributed by atoms with van der Waals surface area (Å²) in [7, 11) is 4.65. The number of ether oxygens (including phenoxy) is 3. The molecule has 0 spiro atoms. The number of methoxy groups -OCH3 is 3. The normalized spacial score (nSPS) is 10.4. The molecule has 3 aromatic rings. The highest BCUT2D eigenvalue weighted by Crippen LogP contribution is 2.28. The van der Waals surface area contributed by atoms with E-state index in [1.54, 1.807) is 32.4 Å². The summed E-state index contributed by atoms with van der Waals surface area (Å²) in [5.74, 6) is 1.30. The Morgan fingerprint density at radius 2 is 1.20 bits per heavy atom. The molecule has 0 aromatic heterocycles. The van der Waals surface area contributed by atoms with E-state index in [1.165, 1.54) is 13.2 Å². The van der Waals surface area contributed by atoms with Crippen molar-refractivity contribution in [2.24, 2.45) is 0 Å². The van der Waals surface area contributed by atoms with Crippen molar-refractivity contribution in [3.8, 4) is 23.0 Å². The first-order chi connectivity index (χ1) is 16.9. The number of carbonyl (C=O) groups excluding carboxylic acids is 2. The summed E-state index contributed by atoms with van der Waals surface area (Å²) in [5, 5.41) is 9.89. The molecule has 35 heavy (non-hydrogen) atoms. The maximum atomic E-state index is 13.2. The molecule has 0 saturated heterocycles. The van der Waals surface area contributed by atoms with E-state index < -0.39 is 0 Å². The van der Waals surface area contributed by atoms with Crippen LogP contribution in [0.25, 0.3) is 6.08 Å². The van der Waals surface area contributed by atoms with E-state index in [2.05, 4.69) is 0 Å². The molecule has 0 fully saturated rings. The first-order valence-electron chi connectivity index (χ1n) is 11.3. The lowest BCUT2D eigenvalue weighted by molar-refractivity contribution is -0.121. The third kappa shape index (κ3) is 7.21. The summed E-state index contributed by atoms with van der Waals surface area (Å²) >= 11 is 0. The van der Waals surface area contributed by atoms with Crippen molar-refractivity contribution in [3.63, 3.8) is 0 Å². The highest BCUT2D eigenvalue weighted by Gasteiger charge is 2.19. The topological polar surface area (TPSA) is 82.1 Å². The standard InChI is InChI=1S/C29H30O6/c1-33-23-11-4-20(5-12-23)8-15-26(30)25(18-22-10-17-28(32)29(19-22)35-3)27(31)16-9-21-6-13-24(34-2)14-7-21/h4-7,10-14,17-19,32H,8-9,15-16H2,1-3H3. The van der Waals surface area contributed by atoms with Crippen molar-refractivity contribution < 1.29 is 28.9 Å². The van der Waals surface area contributed by atoms with Crippen LogP contribution in [0.15, 0.2) is 72.3 Å². The Morgan fingerprint density at radius 1 is 0.714 bits per heavy atom. The second-order valence-corrected chi connectivity index (χ2v) is 8.03. The van der Waals surface area contributed by atoms with Crippen LogP contribution in [0.1, 0.15) is 29.5 Å². The van der Waals surface area contributed by atoms with E-state index in [-0.39, 0.29) is 41.5 Å². The van der Waals surface area contributed by atoms with Gasteiger partial charge in [-0.25, -0.2) is 0 Å². The highest BCUT2D eigenvalue weighted by atomic mass is 16.5. The molecule has 3 aromatic carbocycles. The lowest BCUT2D eigenvalue weighted by Gasteiger charge is -2.09. The molecule has 182 valence electrons. The smallest absolute Gasteiger partial charge is 0.166 e. The van der Waals surface area contributed by atoms with Gasteiger partial charge in [0, 0.05) is 12.8 Å². The van der Waals surface area contributed by atoms with Crippen LogP contribution >= 0.6 is 0 Å². The van der Waals surface area contributed by atoms with Crippen LogP contribution in [0.3, 0.4) is 0 Å². The number of allylic oxidation sites excluding steroid dienone is 1. The number of aryl methyl sites for hydroxylation is 2. The number of hydrogen-bond donors (Lipinski definition) is 1. The quantitative estimate of drug-likeness (QED) is 0.221. The molecule has 1 N–H and O–H groups in total. The van der Waals surface area contributed by atoms with Gasteiger partial charge in [0.25, 0.3) is 0 Å². The Labute approximate surface area is 205 Å². The SMILES string of the molecule is COc1ccc(CCC(=O)C(=Cc2ccc(O)c(OC)c2)C(=O)CCc2ccc(OC)cc2)cc1. The van der Waals surface area contributed by atoms with Crippen molar-refractivity contribution in [3.05, 3.63) is 89.0 Å². The zero-order valence-corrected chi connectivity index (χ0v) is 20.2. The van der Waals surface area contributed by atoms with Crippen LogP contribution in [-0.2, 0) is 22.4 Å². The average molecular weight is 475 g/mol. The van der Waals surface area contributed by atoms with Gasteiger partial charge in [-0.3, -0.25) is 9.59 Å². The van der Waals surface area contributed by atoms with Gasteiger partial charge in [-0.2, -0.15) is 0 Å². The molecule has 0 unspecified atom stereocenters. The van der Waals surface area contributed by atoms with Gasteiger partial charge in [-0.05, 0) is 72.0 Å². The molecule has 0 aliphatic heterocycles. The number of rotatable bonds is 12. The van der Waals surface area contributed by atoms with Crippen LogP contribution in [0.4, 0.5) is 0 Å². The zero-order chi connectivity index (χ0) is 25.2. The lowest BCUT2D eigenvalue weighted by Crippen LogP contribution is -2.14. The molecule has 6 nitrogen and oxygen atoms in total. The number of Topliss-reactive ketones (excluding diaryl/α,β-unsaturated/α-hetero) is 2. The Morgan fingerprint density at radius 3 is 1.63 bits per heavy atom. The molecule has 6 heteroatoms. The summed E-state index contributed by atoms with van der Waals surface area (Å²) in [5.41, 5.74) is 2.70. The first kappa shape index (κ1) is 25.6. The number of ketones is 2. The Hall–Kier alpha value is -4.06. The maximum Gasteiger partial charge on any atom is 0.166 e. The van der Waals surface area contributed by atoms with E-state index in [4.69, 9.17) is 14.2 Å². The Balaban J connectivity index is 1.79. The fraction of sp³-hybridized carbons (Fsp3) is 0.241. The molecule has 3 rings (SSSR count). The molecular formula is C29H30O6. The second-order valence-electron chi connectivity index (χ2n) is 8.03. The fourth-order valence-corrected chi connectivity index (χ4v) is 3.64. The minimum atomic E-state index is -0.229. The van der Waals surface area contributed by atoms with Gasteiger partial charge < -0.3 is 19.3 Å². The van der Waals surface area contributed by atoms with Crippen molar-refractivity contribution in [2.75, 3.05) is 21.3 Å². The van der Waals surface area contributed by atoms with Gasteiger partial charge in [-0.1, -0.05) is 30.3 Å². The summed E-state index contributed by atoms with van der Waals surface area (Å²) < 4.78 is 15.5. The van der Waals surface area contributed by atoms with E-state index in [0.717, 1.165) is 22.6 Å². The predicted octanol–water partition coefficient (Wildman–Crippen LogP) is 5.21. The van der Waals surface area contributed by atoms with Crippen LogP contribution < -0.4 is 14.2 Å². The molecule has 0 saturated carbocycles. The largest absolute Gasteiger partial charge is 0.504 e. The monoisotopic (exact) mass is 474 g/mol. The third-order valence-electron chi connectivity index (χ3n) is 5.72. The second kappa shape index (κ2) is 12.4. The molecule has 0 aliphatic rings. The van der Waals surface area contributed by atoms with Crippen LogP contribution in [-0.4, -0.2) is 38.0 Å². The number of hydrogen-bond acceptors (Lipinski definition) is 6. The fourth-order valence-electron chi connectivity index (χ4n) is 3.64. The van der Waals surface area contributed by atoms with E-state index >= 15 is 0 Å². The van der Waals surface area contributed by atoms with Crippen molar-refractivity contribution in [1.29, 1.82) is 0 Å². The number of aromatic hydroxyl groups is 1. The average Bonchev–Trinajstić information content (AvgIpc) is 2.90. The molecule has 0 heterocycles. The van der Waals surface area contributed by atoms with E-state index in [0.29, 0.717) is 18.4 Å². The summed E-state index contributed by atoms with van der Waals surface area (Å²) in [6.07, 6.45) is 2.98. The van der Waals surface area contributed by atoms with E-state index in [9.17, 15) is 14.7 Å². The summed E-state index contributed by atoms with van der Waals surface area (Å²) in [6, 6.07) is 19.7. The summed E-state index contributed by atoms with van der Waals surface area (Å²) in [4.78, 5) is 26.4. The van der Waals surface area contributed by atoms with Crippen molar-refractivity contribution in [1.82, 2.24) is 0 Å². The third-order valence-corrected chi connectivity index (χ3v) is 5.72. The van der Waals surface area contributed by atoms with Crippen molar-refractivity contribution >= 4 is 17.6 Å².